The van der Waals surface area contributed by atoms with Crippen LogP contribution in [0.4, 0.5) is 0 Å². The average molecular weight is 338 g/mol. The van der Waals surface area contributed by atoms with E-state index >= 15 is 0 Å². The topological polar surface area (TPSA) is 29.5 Å². The third kappa shape index (κ3) is 3.72. The number of rotatable bonds is 3. The third-order valence-electron chi connectivity index (χ3n) is 5.13. The van der Waals surface area contributed by atoms with E-state index in [0.29, 0.717) is 0 Å². The molecule has 3 rings (SSSR count). The Hall–Kier alpha value is -1.06. The number of likely N-dealkylation sites (N-methyl/N-ethyl adjacent to an activating group) is 1. The number of carbonyl (C=O) groups is 1. The summed E-state index contributed by atoms with van der Waals surface area (Å²) in [5.74, 6) is -0.0154. The SMILES string of the molecule is CN1CCCC(OC(=O)C2(c3ccccc3)CC(C)(C)C2)C1.Cl. The Balaban J connectivity index is 0.00000192. The van der Waals surface area contributed by atoms with Crippen molar-refractivity contribution in [2.24, 2.45) is 5.41 Å². The minimum atomic E-state index is -0.430. The maximum absolute atomic E-state index is 13.0. The summed E-state index contributed by atoms with van der Waals surface area (Å²) in [6, 6.07) is 10.2. The highest BCUT2D eigenvalue weighted by molar-refractivity contribution is 5.85. The van der Waals surface area contributed by atoms with E-state index in [1.165, 1.54) is 0 Å². The van der Waals surface area contributed by atoms with E-state index in [-0.39, 0.29) is 29.9 Å². The van der Waals surface area contributed by atoms with Crippen LogP contribution in [0.5, 0.6) is 0 Å². The first-order valence-corrected chi connectivity index (χ1v) is 8.37. The van der Waals surface area contributed by atoms with Crippen molar-refractivity contribution in [3.05, 3.63) is 35.9 Å². The second-order valence-electron chi connectivity index (χ2n) is 7.90. The number of hydrogen-bond donors (Lipinski definition) is 0. The number of hydrogen-bond acceptors (Lipinski definition) is 3. The van der Waals surface area contributed by atoms with Gasteiger partial charge in [-0.2, -0.15) is 0 Å². The second-order valence-corrected chi connectivity index (χ2v) is 7.90. The number of esters is 1. The van der Waals surface area contributed by atoms with E-state index in [2.05, 4.69) is 37.9 Å². The van der Waals surface area contributed by atoms with Gasteiger partial charge < -0.3 is 9.64 Å². The van der Waals surface area contributed by atoms with Crippen LogP contribution in [-0.2, 0) is 14.9 Å². The summed E-state index contributed by atoms with van der Waals surface area (Å²) in [7, 11) is 2.10. The van der Waals surface area contributed by atoms with Crippen LogP contribution < -0.4 is 0 Å². The normalized spacial score (nSPS) is 25.8. The molecule has 2 fully saturated rings. The molecule has 1 atom stereocenters. The molecule has 1 aromatic carbocycles. The summed E-state index contributed by atoms with van der Waals surface area (Å²) in [5.41, 5.74) is 0.905. The van der Waals surface area contributed by atoms with Crippen molar-refractivity contribution in [1.29, 1.82) is 0 Å². The van der Waals surface area contributed by atoms with Gasteiger partial charge in [-0.1, -0.05) is 44.2 Å². The molecule has 4 heteroatoms. The number of carbonyl (C=O) groups excluding carboxylic acids is 1. The summed E-state index contributed by atoms with van der Waals surface area (Å²) in [6.45, 7) is 6.43. The predicted molar refractivity (Wildman–Crippen MR) is 95.0 cm³/mol. The first kappa shape index (κ1) is 18.3. The zero-order valence-corrected chi connectivity index (χ0v) is 15.2. The second kappa shape index (κ2) is 6.82. The van der Waals surface area contributed by atoms with E-state index in [1.807, 2.05) is 18.2 Å². The Bertz CT molecular complexity index is 536. The van der Waals surface area contributed by atoms with Gasteiger partial charge in [-0.3, -0.25) is 4.79 Å². The maximum Gasteiger partial charge on any atom is 0.316 e. The molecular weight excluding hydrogens is 310 g/mol. The minimum absolute atomic E-state index is 0. The molecule has 128 valence electrons. The highest BCUT2D eigenvalue weighted by Crippen LogP contribution is 2.56. The molecule has 1 aromatic rings. The fourth-order valence-electron chi connectivity index (χ4n) is 4.29. The zero-order valence-electron chi connectivity index (χ0n) is 14.4. The van der Waals surface area contributed by atoms with Crippen molar-refractivity contribution in [3.8, 4) is 0 Å². The van der Waals surface area contributed by atoms with Crippen LogP contribution >= 0.6 is 12.4 Å². The molecule has 0 amide bonds. The van der Waals surface area contributed by atoms with Crippen molar-refractivity contribution >= 4 is 18.4 Å². The van der Waals surface area contributed by atoms with Crippen LogP contribution in [-0.4, -0.2) is 37.1 Å². The lowest BCUT2D eigenvalue weighted by Gasteiger charge is -2.52. The largest absolute Gasteiger partial charge is 0.460 e. The molecule has 0 spiro atoms. The van der Waals surface area contributed by atoms with Gasteiger partial charge in [0.15, 0.2) is 0 Å². The molecule has 1 aliphatic carbocycles. The van der Waals surface area contributed by atoms with Crippen molar-refractivity contribution < 1.29 is 9.53 Å². The van der Waals surface area contributed by atoms with Crippen LogP contribution in [0.15, 0.2) is 30.3 Å². The maximum atomic E-state index is 13.0. The first-order valence-electron chi connectivity index (χ1n) is 8.37. The van der Waals surface area contributed by atoms with Gasteiger partial charge in [-0.25, -0.2) is 0 Å². The molecule has 0 radical (unpaired) electrons. The number of likely N-dealkylation sites (tertiary alicyclic amines) is 1. The van der Waals surface area contributed by atoms with Crippen LogP contribution in [0.1, 0.15) is 45.1 Å². The van der Waals surface area contributed by atoms with Crippen LogP contribution in [0.25, 0.3) is 0 Å². The summed E-state index contributed by atoms with van der Waals surface area (Å²) in [5, 5.41) is 0. The van der Waals surface area contributed by atoms with Crippen molar-refractivity contribution in [3.63, 3.8) is 0 Å². The molecule has 1 unspecified atom stereocenters. The molecule has 0 bridgehead atoms. The highest BCUT2D eigenvalue weighted by atomic mass is 35.5. The molecule has 0 N–H and O–H groups in total. The van der Waals surface area contributed by atoms with E-state index in [1.54, 1.807) is 0 Å². The van der Waals surface area contributed by atoms with E-state index in [0.717, 1.165) is 44.3 Å². The Morgan fingerprint density at radius 2 is 1.87 bits per heavy atom. The Kier molecular flexibility index (Phi) is 5.42. The molecule has 1 aliphatic heterocycles. The van der Waals surface area contributed by atoms with Gasteiger partial charge in [0.1, 0.15) is 6.10 Å². The molecule has 2 aliphatic rings. The van der Waals surface area contributed by atoms with Crippen molar-refractivity contribution in [1.82, 2.24) is 4.90 Å². The average Bonchev–Trinajstić information content (AvgIpc) is 2.45. The standard InChI is InChI=1S/C19H27NO2.ClH/c1-18(2)13-19(14-18,15-8-5-4-6-9-15)17(21)22-16-10-7-11-20(3)12-16;/h4-6,8-9,16H,7,10-14H2,1-3H3;1H. The van der Waals surface area contributed by atoms with Gasteiger partial charge in [0, 0.05) is 6.54 Å². The van der Waals surface area contributed by atoms with Crippen molar-refractivity contribution in [2.75, 3.05) is 20.1 Å². The van der Waals surface area contributed by atoms with Gasteiger partial charge in [-0.05, 0) is 50.3 Å². The number of ether oxygens (including phenoxy) is 1. The lowest BCUT2D eigenvalue weighted by Crippen LogP contribution is -2.54. The Morgan fingerprint density at radius 1 is 1.22 bits per heavy atom. The van der Waals surface area contributed by atoms with Gasteiger partial charge in [-0.15, -0.1) is 12.4 Å². The van der Waals surface area contributed by atoms with E-state index in [4.69, 9.17) is 4.74 Å². The van der Waals surface area contributed by atoms with Crippen LogP contribution in [0.3, 0.4) is 0 Å². The molecule has 1 heterocycles. The summed E-state index contributed by atoms with van der Waals surface area (Å²) < 4.78 is 5.94. The van der Waals surface area contributed by atoms with Gasteiger partial charge >= 0.3 is 5.97 Å². The lowest BCUT2D eigenvalue weighted by molar-refractivity contribution is -0.168. The predicted octanol–water partition coefficient (Wildman–Crippen LogP) is 3.80. The van der Waals surface area contributed by atoms with Gasteiger partial charge in [0.05, 0.1) is 5.41 Å². The molecule has 23 heavy (non-hydrogen) atoms. The van der Waals surface area contributed by atoms with Crippen LogP contribution in [0, 0.1) is 5.41 Å². The first-order chi connectivity index (χ1) is 10.4. The highest BCUT2D eigenvalue weighted by Gasteiger charge is 2.56. The summed E-state index contributed by atoms with van der Waals surface area (Å²) >= 11 is 0. The number of benzene rings is 1. The van der Waals surface area contributed by atoms with E-state index < -0.39 is 5.41 Å². The summed E-state index contributed by atoms with van der Waals surface area (Å²) in [6.07, 6.45) is 3.91. The number of piperidine rings is 1. The molecular formula is C19H28ClNO2. The lowest BCUT2D eigenvalue weighted by atomic mass is 9.52. The molecule has 1 saturated carbocycles. The fourth-order valence-corrected chi connectivity index (χ4v) is 4.29. The Morgan fingerprint density at radius 3 is 2.43 bits per heavy atom. The number of nitrogens with zero attached hydrogens (tertiary/aromatic N) is 1. The Labute approximate surface area is 145 Å². The minimum Gasteiger partial charge on any atom is -0.460 e. The fraction of sp³-hybridized carbons (Fsp3) is 0.632. The summed E-state index contributed by atoms with van der Waals surface area (Å²) in [4.78, 5) is 15.2. The monoisotopic (exact) mass is 337 g/mol. The molecule has 0 aromatic heterocycles. The molecule has 3 nitrogen and oxygen atoms in total. The molecule has 1 saturated heterocycles. The van der Waals surface area contributed by atoms with Crippen LogP contribution in [0.2, 0.25) is 0 Å². The third-order valence-corrected chi connectivity index (χ3v) is 5.13. The van der Waals surface area contributed by atoms with E-state index in [9.17, 15) is 4.79 Å². The quantitative estimate of drug-likeness (QED) is 0.786. The zero-order chi connectivity index (χ0) is 15.8. The number of halogens is 1. The van der Waals surface area contributed by atoms with Crippen molar-refractivity contribution in [2.45, 2.75) is 51.0 Å². The van der Waals surface area contributed by atoms with Gasteiger partial charge in [0.25, 0.3) is 0 Å². The smallest absolute Gasteiger partial charge is 0.316 e. The van der Waals surface area contributed by atoms with Gasteiger partial charge in [0.2, 0.25) is 0 Å².